The number of fused-ring (bicyclic) bond motifs is 1. The number of hydrogen-bond acceptors (Lipinski definition) is 8. The molecule has 0 aliphatic heterocycles. The first kappa shape index (κ1) is 22.6. The maximum absolute atomic E-state index is 9.50. The molecule has 0 fully saturated rings. The Morgan fingerprint density at radius 3 is 2.44 bits per heavy atom. The van der Waals surface area contributed by atoms with Crippen LogP contribution in [0.3, 0.4) is 0 Å². The summed E-state index contributed by atoms with van der Waals surface area (Å²) < 4.78 is 16.7. The molecule has 2 heterocycles. The van der Waals surface area contributed by atoms with Crippen LogP contribution in [-0.4, -0.2) is 40.2 Å². The molecule has 0 aliphatic carbocycles. The lowest BCUT2D eigenvalue weighted by atomic mass is 10.00. The van der Waals surface area contributed by atoms with Crippen molar-refractivity contribution >= 4 is 34.2 Å². The molecular weight excluding hydrogens is 457 g/mol. The molecule has 0 bridgehead atoms. The first-order valence-corrected chi connectivity index (χ1v) is 10.6. The molecule has 0 aliphatic rings. The molecule has 4 N–H and O–H groups in total. The topological polar surface area (TPSA) is 128 Å². The van der Waals surface area contributed by atoms with Gasteiger partial charge in [-0.1, -0.05) is 35.3 Å². The van der Waals surface area contributed by atoms with E-state index in [0.29, 0.717) is 50.3 Å². The van der Waals surface area contributed by atoms with Crippen LogP contribution in [0.1, 0.15) is 19.1 Å². The third-order valence-electron chi connectivity index (χ3n) is 4.95. The van der Waals surface area contributed by atoms with Crippen molar-refractivity contribution in [3.63, 3.8) is 0 Å². The SMILES string of the molecule is CCCOc1c(Cl)cc(-c2nc(-c3ccc4oc(C(N)(CO)CO)cc4c3)no2)cc1Cl. The van der Waals surface area contributed by atoms with Gasteiger partial charge in [-0.25, -0.2) is 0 Å². The molecule has 0 amide bonds. The Kier molecular flexibility index (Phi) is 6.41. The van der Waals surface area contributed by atoms with Gasteiger partial charge in [-0.3, -0.25) is 0 Å². The molecule has 0 spiro atoms. The van der Waals surface area contributed by atoms with Gasteiger partial charge in [-0.15, -0.1) is 0 Å². The number of hydrogen-bond donors (Lipinski definition) is 3. The number of aliphatic hydroxyl groups is 2. The summed E-state index contributed by atoms with van der Waals surface area (Å²) in [6.07, 6.45) is 0.830. The number of ether oxygens (including phenoxy) is 1. The van der Waals surface area contributed by atoms with Crippen LogP contribution in [0, 0.1) is 0 Å². The number of nitrogens with two attached hydrogens (primary N) is 1. The van der Waals surface area contributed by atoms with E-state index in [1.54, 1.807) is 36.4 Å². The van der Waals surface area contributed by atoms with E-state index in [-0.39, 0.29) is 11.7 Å². The Bertz CT molecular complexity index is 1230. The van der Waals surface area contributed by atoms with Crippen molar-refractivity contribution in [2.75, 3.05) is 19.8 Å². The van der Waals surface area contributed by atoms with Gasteiger partial charge >= 0.3 is 0 Å². The van der Waals surface area contributed by atoms with Gasteiger partial charge in [0.1, 0.15) is 16.9 Å². The molecule has 8 nitrogen and oxygen atoms in total. The molecule has 4 aromatic rings. The maximum atomic E-state index is 9.50. The Balaban J connectivity index is 1.65. The van der Waals surface area contributed by atoms with Crippen molar-refractivity contribution in [1.82, 2.24) is 10.1 Å². The van der Waals surface area contributed by atoms with E-state index in [9.17, 15) is 10.2 Å². The molecule has 168 valence electrons. The highest BCUT2D eigenvalue weighted by Gasteiger charge is 2.30. The van der Waals surface area contributed by atoms with Crippen LogP contribution in [0.15, 0.2) is 45.3 Å². The van der Waals surface area contributed by atoms with Gasteiger partial charge in [0.15, 0.2) is 5.75 Å². The zero-order valence-electron chi connectivity index (χ0n) is 17.1. The summed E-state index contributed by atoms with van der Waals surface area (Å²) in [4.78, 5) is 4.45. The fraction of sp³-hybridized carbons (Fsp3) is 0.273. The number of benzene rings is 2. The number of halogens is 2. The summed E-state index contributed by atoms with van der Waals surface area (Å²) in [5.41, 5.74) is 6.41. The highest BCUT2D eigenvalue weighted by atomic mass is 35.5. The van der Waals surface area contributed by atoms with Gasteiger partial charge in [0.05, 0.1) is 29.9 Å². The van der Waals surface area contributed by atoms with E-state index in [1.807, 2.05) is 6.92 Å². The molecule has 0 radical (unpaired) electrons. The minimum Gasteiger partial charge on any atom is -0.490 e. The van der Waals surface area contributed by atoms with E-state index in [1.165, 1.54) is 0 Å². The Morgan fingerprint density at radius 2 is 1.78 bits per heavy atom. The normalized spacial score (nSPS) is 11.9. The van der Waals surface area contributed by atoms with E-state index in [2.05, 4.69) is 10.1 Å². The molecule has 0 saturated carbocycles. The number of furan rings is 1. The number of rotatable bonds is 8. The van der Waals surface area contributed by atoms with Crippen molar-refractivity contribution < 1.29 is 23.9 Å². The van der Waals surface area contributed by atoms with Crippen LogP contribution in [0.5, 0.6) is 5.75 Å². The summed E-state index contributed by atoms with van der Waals surface area (Å²) in [6, 6.07) is 10.3. The number of aliphatic hydroxyl groups excluding tert-OH is 2. The van der Waals surface area contributed by atoms with Crippen LogP contribution in [0.25, 0.3) is 33.8 Å². The van der Waals surface area contributed by atoms with E-state index in [4.69, 9.17) is 42.6 Å². The summed E-state index contributed by atoms with van der Waals surface area (Å²) in [7, 11) is 0. The lowest BCUT2D eigenvalue weighted by Crippen LogP contribution is -2.43. The summed E-state index contributed by atoms with van der Waals surface area (Å²) in [5.74, 6) is 1.30. The molecule has 4 rings (SSSR count). The average molecular weight is 478 g/mol. The van der Waals surface area contributed by atoms with Crippen LogP contribution < -0.4 is 10.5 Å². The van der Waals surface area contributed by atoms with Crippen LogP contribution in [0.2, 0.25) is 10.0 Å². The lowest BCUT2D eigenvalue weighted by Gasteiger charge is -2.21. The molecule has 0 unspecified atom stereocenters. The van der Waals surface area contributed by atoms with E-state index >= 15 is 0 Å². The number of nitrogens with zero attached hydrogens (tertiary/aromatic N) is 2. The predicted molar refractivity (Wildman–Crippen MR) is 121 cm³/mol. The van der Waals surface area contributed by atoms with Gasteiger partial charge in [-0.05, 0) is 42.8 Å². The zero-order valence-corrected chi connectivity index (χ0v) is 18.7. The quantitative estimate of drug-likeness (QED) is 0.340. The minimum atomic E-state index is -1.37. The van der Waals surface area contributed by atoms with Crippen LogP contribution >= 0.6 is 23.2 Å². The predicted octanol–water partition coefficient (Wildman–Crippen LogP) is 4.38. The first-order valence-electron chi connectivity index (χ1n) is 9.89. The minimum absolute atomic E-state index is 0.250. The van der Waals surface area contributed by atoms with Gasteiger partial charge in [-0.2, -0.15) is 4.98 Å². The van der Waals surface area contributed by atoms with Crippen molar-refractivity contribution in [3.05, 3.63) is 52.2 Å². The van der Waals surface area contributed by atoms with E-state index in [0.717, 1.165) is 6.42 Å². The monoisotopic (exact) mass is 477 g/mol. The van der Waals surface area contributed by atoms with Crippen LogP contribution in [-0.2, 0) is 5.54 Å². The van der Waals surface area contributed by atoms with Crippen molar-refractivity contribution in [1.29, 1.82) is 0 Å². The summed E-state index contributed by atoms with van der Waals surface area (Å²) in [5, 5.41) is 24.5. The molecular formula is C22H21Cl2N3O5. The number of aromatic nitrogens is 2. The van der Waals surface area contributed by atoms with Gasteiger partial charge in [0.25, 0.3) is 5.89 Å². The fourth-order valence-corrected chi connectivity index (χ4v) is 3.71. The summed E-state index contributed by atoms with van der Waals surface area (Å²) in [6.45, 7) is 1.57. The van der Waals surface area contributed by atoms with Crippen molar-refractivity contribution in [2.24, 2.45) is 5.73 Å². The van der Waals surface area contributed by atoms with E-state index < -0.39 is 18.8 Å². The van der Waals surface area contributed by atoms with Crippen molar-refractivity contribution in [2.45, 2.75) is 18.9 Å². The first-order chi connectivity index (χ1) is 15.4. The Morgan fingerprint density at radius 1 is 1.06 bits per heavy atom. The van der Waals surface area contributed by atoms with Crippen LogP contribution in [0.4, 0.5) is 0 Å². The molecule has 0 saturated heterocycles. The Hall–Kier alpha value is -2.62. The van der Waals surface area contributed by atoms with Gasteiger partial charge in [0.2, 0.25) is 5.82 Å². The van der Waals surface area contributed by atoms with Crippen molar-refractivity contribution in [3.8, 4) is 28.6 Å². The second kappa shape index (κ2) is 9.09. The third kappa shape index (κ3) is 4.20. The van der Waals surface area contributed by atoms with Gasteiger partial charge in [0, 0.05) is 16.5 Å². The Labute approximate surface area is 193 Å². The lowest BCUT2D eigenvalue weighted by molar-refractivity contribution is 0.105. The standard InChI is InChI=1S/C22H21Cl2N3O5/c1-2-5-30-19-15(23)7-14(8-16(19)24)21-26-20(27-32-21)12-3-4-17-13(6-12)9-18(31-17)22(25,10-28)11-29/h3-4,6-9,28-29H,2,5,10-11,25H2,1H3. The fourth-order valence-electron chi connectivity index (χ4n) is 3.12. The average Bonchev–Trinajstić information content (AvgIpc) is 3.45. The smallest absolute Gasteiger partial charge is 0.258 e. The molecule has 2 aromatic carbocycles. The summed E-state index contributed by atoms with van der Waals surface area (Å²) >= 11 is 12.6. The maximum Gasteiger partial charge on any atom is 0.258 e. The molecule has 2 aromatic heterocycles. The third-order valence-corrected chi connectivity index (χ3v) is 5.51. The zero-order chi connectivity index (χ0) is 22.9. The highest BCUT2D eigenvalue weighted by molar-refractivity contribution is 6.37. The molecule has 0 atom stereocenters. The highest BCUT2D eigenvalue weighted by Crippen LogP contribution is 2.38. The van der Waals surface area contributed by atoms with Gasteiger partial charge < -0.3 is 29.6 Å². The molecule has 32 heavy (non-hydrogen) atoms. The second-order valence-electron chi connectivity index (χ2n) is 7.38. The second-order valence-corrected chi connectivity index (χ2v) is 8.19. The molecule has 10 heteroatoms. The largest absolute Gasteiger partial charge is 0.490 e.